The number of rotatable bonds is 3. The van der Waals surface area contributed by atoms with E-state index in [0.717, 1.165) is 0 Å². The lowest BCUT2D eigenvalue weighted by Gasteiger charge is -2.10. The normalized spacial score (nSPS) is 10.8. The van der Waals surface area contributed by atoms with Gasteiger partial charge in [-0.2, -0.15) is 0 Å². The highest BCUT2D eigenvalue weighted by molar-refractivity contribution is 5.86. The fourth-order valence-electron chi connectivity index (χ4n) is 2.30. The van der Waals surface area contributed by atoms with Crippen LogP contribution in [0.25, 0.3) is 16.7 Å². The van der Waals surface area contributed by atoms with Gasteiger partial charge in [0, 0.05) is 6.07 Å². The molecule has 0 fully saturated rings. The Morgan fingerprint density at radius 3 is 2.67 bits per heavy atom. The first-order valence-corrected chi connectivity index (χ1v) is 6.30. The smallest absolute Gasteiger partial charge is 0.206 e. The van der Waals surface area contributed by atoms with Crippen molar-refractivity contribution in [3.63, 3.8) is 0 Å². The molecule has 0 aliphatic carbocycles. The van der Waals surface area contributed by atoms with E-state index in [1.165, 1.54) is 17.7 Å². The molecule has 0 unspecified atom stereocenters. The summed E-state index contributed by atoms with van der Waals surface area (Å²) in [6, 6.07) is 9.85. The maximum atomic E-state index is 14.2. The maximum Gasteiger partial charge on any atom is 0.206 e. The molecular formula is C15H14FN3O2. The molecule has 6 heteroatoms. The third kappa shape index (κ3) is 2.05. The Balaban J connectivity index is 2.33. The van der Waals surface area contributed by atoms with Gasteiger partial charge in [0.2, 0.25) is 5.95 Å². The van der Waals surface area contributed by atoms with Gasteiger partial charge in [-0.1, -0.05) is 6.07 Å². The van der Waals surface area contributed by atoms with Gasteiger partial charge in [0.1, 0.15) is 22.8 Å². The van der Waals surface area contributed by atoms with E-state index in [4.69, 9.17) is 15.2 Å². The number of hydrogen-bond donors (Lipinski definition) is 1. The molecule has 0 aliphatic rings. The van der Waals surface area contributed by atoms with Crippen LogP contribution >= 0.6 is 0 Å². The Kier molecular flexibility index (Phi) is 3.13. The van der Waals surface area contributed by atoms with E-state index in [9.17, 15) is 4.39 Å². The van der Waals surface area contributed by atoms with Gasteiger partial charge < -0.3 is 15.2 Å². The summed E-state index contributed by atoms with van der Waals surface area (Å²) in [7, 11) is 3.07. The molecule has 3 rings (SSSR count). The predicted octanol–water partition coefficient (Wildman–Crippen LogP) is 2.76. The Labute approximate surface area is 120 Å². The van der Waals surface area contributed by atoms with Gasteiger partial charge >= 0.3 is 0 Å². The fourth-order valence-corrected chi connectivity index (χ4v) is 2.30. The molecule has 21 heavy (non-hydrogen) atoms. The second kappa shape index (κ2) is 4.97. The highest BCUT2D eigenvalue weighted by atomic mass is 19.1. The molecule has 108 valence electrons. The number of imidazole rings is 1. The SMILES string of the molecule is COc1ccc(F)c(-n2c(N)nc3c(OC)cccc32)c1. The summed E-state index contributed by atoms with van der Waals surface area (Å²) < 4.78 is 26.1. The number of nitrogens with zero attached hydrogens (tertiary/aromatic N) is 2. The van der Waals surface area contributed by atoms with E-state index in [1.807, 2.05) is 0 Å². The average molecular weight is 287 g/mol. The van der Waals surface area contributed by atoms with Crippen molar-refractivity contribution < 1.29 is 13.9 Å². The summed E-state index contributed by atoms with van der Waals surface area (Å²) in [6.45, 7) is 0. The van der Waals surface area contributed by atoms with Crippen LogP contribution in [0, 0.1) is 5.82 Å². The van der Waals surface area contributed by atoms with E-state index in [1.54, 1.807) is 37.4 Å². The van der Waals surface area contributed by atoms with Crippen molar-refractivity contribution in [2.75, 3.05) is 20.0 Å². The number of nitrogen functional groups attached to an aromatic ring is 1. The van der Waals surface area contributed by atoms with Gasteiger partial charge in [-0.05, 0) is 24.3 Å². The summed E-state index contributed by atoms with van der Waals surface area (Å²) in [5.41, 5.74) is 7.49. The van der Waals surface area contributed by atoms with Gasteiger partial charge in [0.15, 0.2) is 0 Å². The molecule has 0 aliphatic heterocycles. The molecule has 1 aromatic heterocycles. The van der Waals surface area contributed by atoms with Crippen molar-refractivity contribution in [1.82, 2.24) is 9.55 Å². The number of anilines is 1. The molecule has 5 nitrogen and oxygen atoms in total. The van der Waals surface area contributed by atoms with Crippen molar-refractivity contribution in [2.24, 2.45) is 0 Å². The van der Waals surface area contributed by atoms with Crippen LogP contribution in [-0.2, 0) is 0 Å². The van der Waals surface area contributed by atoms with E-state index in [2.05, 4.69) is 4.98 Å². The van der Waals surface area contributed by atoms with E-state index < -0.39 is 5.82 Å². The Morgan fingerprint density at radius 1 is 1.14 bits per heavy atom. The second-order valence-corrected chi connectivity index (χ2v) is 4.45. The molecule has 0 radical (unpaired) electrons. The van der Waals surface area contributed by atoms with Crippen LogP contribution in [0.15, 0.2) is 36.4 Å². The van der Waals surface area contributed by atoms with Gasteiger partial charge in [-0.25, -0.2) is 9.37 Å². The topological polar surface area (TPSA) is 62.3 Å². The number of aromatic nitrogens is 2. The van der Waals surface area contributed by atoms with Crippen molar-refractivity contribution in [3.8, 4) is 17.2 Å². The number of para-hydroxylation sites is 1. The predicted molar refractivity (Wildman–Crippen MR) is 78.5 cm³/mol. The number of methoxy groups -OCH3 is 2. The maximum absolute atomic E-state index is 14.2. The minimum Gasteiger partial charge on any atom is -0.497 e. The molecule has 3 aromatic rings. The van der Waals surface area contributed by atoms with Crippen LogP contribution in [-0.4, -0.2) is 23.8 Å². The number of nitrogens with two attached hydrogens (primary N) is 1. The van der Waals surface area contributed by atoms with E-state index in [-0.39, 0.29) is 11.6 Å². The van der Waals surface area contributed by atoms with Gasteiger partial charge in [0.05, 0.1) is 25.4 Å². The van der Waals surface area contributed by atoms with Gasteiger partial charge in [-0.3, -0.25) is 4.57 Å². The first-order chi connectivity index (χ1) is 10.2. The zero-order chi connectivity index (χ0) is 15.0. The Morgan fingerprint density at radius 2 is 1.95 bits per heavy atom. The zero-order valence-electron chi connectivity index (χ0n) is 11.6. The number of halogens is 1. The summed E-state index contributed by atoms with van der Waals surface area (Å²) >= 11 is 0. The highest BCUT2D eigenvalue weighted by Gasteiger charge is 2.16. The minimum atomic E-state index is -0.412. The Bertz CT molecular complexity index is 814. The minimum absolute atomic E-state index is 0.182. The molecule has 1 heterocycles. The third-order valence-corrected chi connectivity index (χ3v) is 3.29. The largest absolute Gasteiger partial charge is 0.497 e. The monoisotopic (exact) mass is 287 g/mol. The van der Waals surface area contributed by atoms with Crippen molar-refractivity contribution >= 4 is 17.0 Å². The van der Waals surface area contributed by atoms with Crippen LogP contribution in [0.2, 0.25) is 0 Å². The van der Waals surface area contributed by atoms with Crippen LogP contribution in [0.3, 0.4) is 0 Å². The molecular weight excluding hydrogens is 273 g/mol. The lowest BCUT2D eigenvalue weighted by molar-refractivity contribution is 0.413. The second-order valence-electron chi connectivity index (χ2n) is 4.45. The van der Waals surface area contributed by atoms with Crippen molar-refractivity contribution in [1.29, 1.82) is 0 Å². The van der Waals surface area contributed by atoms with E-state index >= 15 is 0 Å². The standard InChI is InChI=1S/C15H14FN3O2/c1-20-9-6-7-10(16)12(8-9)19-11-4-3-5-13(21-2)14(11)18-15(19)17/h3-8H,1-2H3,(H2,17,18). The molecule has 0 amide bonds. The number of fused-ring (bicyclic) bond motifs is 1. The summed E-state index contributed by atoms with van der Waals surface area (Å²) in [4.78, 5) is 4.27. The number of ether oxygens (including phenoxy) is 2. The number of hydrogen-bond acceptors (Lipinski definition) is 4. The summed E-state index contributed by atoms with van der Waals surface area (Å²) in [6.07, 6.45) is 0. The van der Waals surface area contributed by atoms with Crippen LogP contribution < -0.4 is 15.2 Å². The molecule has 0 saturated heterocycles. The van der Waals surface area contributed by atoms with Crippen molar-refractivity contribution in [2.45, 2.75) is 0 Å². The quantitative estimate of drug-likeness (QED) is 0.804. The van der Waals surface area contributed by atoms with Crippen LogP contribution in [0.1, 0.15) is 0 Å². The summed E-state index contributed by atoms with van der Waals surface area (Å²) in [5.74, 6) is 0.892. The number of benzene rings is 2. The lowest BCUT2D eigenvalue weighted by atomic mass is 10.2. The highest BCUT2D eigenvalue weighted by Crippen LogP contribution is 2.31. The Hall–Kier alpha value is -2.76. The first-order valence-electron chi connectivity index (χ1n) is 6.30. The average Bonchev–Trinajstić information content (AvgIpc) is 2.83. The molecule has 0 saturated carbocycles. The first kappa shape index (κ1) is 13.2. The van der Waals surface area contributed by atoms with E-state index in [0.29, 0.717) is 22.5 Å². The molecule has 2 N–H and O–H groups in total. The van der Waals surface area contributed by atoms with Gasteiger partial charge in [0.25, 0.3) is 0 Å². The zero-order valence-corrected chi connectivity index (χ0v) is 11.6. The fraction of sp³-hybridized carbons (Fsp3) is 0.133. The molecule has 2 aromatic carbocycles. The molecule has 0 spiro atoms. The molecule has 0 bridgehead atoms. The van der Waals surface area contributed by atoms with Gasteiger partial charge in [-0.15, -0.1) is 0 Å². The molecule has 0 atom stereocenters. The van der Waals surface area contributed by atoms with Crippen LogP contribution in [0.4, 0.5) is 10.3 Å². The lowest BCUT2D eigenvalue weighted by Crippen LogP contribution is -2.03. The summed E-state index contributed by atoms with van der Waals surface area (Å²) in [5, 5.41) is 0. The van der Waals surface area contributed by atoms with Crippen molar-refractivity contribution in [3.05, 3.63) is 42.2 Å². The van der Waals surface area contributed by atoms with Crippen LogP contribution in [0.5, 0.6) is 11.5 Å². The third-order valence-electron chi connectivity index (χ3n) is 3.29.